The maximum atomic E-state index is 13.6. The van der Waals surface area contributed by atoms with Crippen molar-refractivity contribution in [1.82, 2.24) is 4.57 Å². The normalized spacial score (nSPS) is 17.2. The standard InChI is InChI=1S/C18H21FN2O4S/c1-12-6-13(4-5-15(12)19)20-17(22)16-7-14(8-21(16)3)26(23,24)11-18(2)9-25-10-18/h4-8H,9-11H2,1-3H3,(H,20,22)/i4D,6D. The van der Waals surface area contributed by atoms with E-state index in [2.05, 4.69) is 5.32 Å². The van der Waals surface area contributed by atoms with Crippen LogP contribution in [-0.4, -0.2) is 37.9 Å². The zero-order valence-electron chi connectivity index (χ0n) is 16.7. The van der Waals surface area contributed by atoms with E-state index in [1.54, 1.807) is 0 Å². The largest absolute Gasteiger partial charge is 0.380 e. The lowest BCUT2D eigenvalue weighted by Gasteiger charge is -2.37. The molecule has 0 saturated carbocycles. The predicted molar refractivity (Wildman–Crippen MR) is 95.5 cm³/mol. The Labute approximate surface area is 154 Å². The second-order valence-corrected chi connectivity index (χ2v) is 8.94. The van der Waals surface area contributed by atoms with Crippen LogP contribution in [0.3, 0.4) is 0 Å². The van der Waals surface area contributed by atoms with Crippen molar-refractivity contribution in [1.29, 1.82) is 0 Å². The second-order valence-electron chi connectivity index (χ2n) is 6.95. The third-order valence-corrected chi connectivity index (χ3v) is 6.28. The molecular weight excluding hydrogens is 359 g/mol. The van der Waals surface area contributed by atoms with Crippen molar-refractivity contribution in [2.75, 3.05) is 24.3 Å². The fourth-order valence-electron chi connectivity index (χ4n) is 2.78. The zero-order valence-corrected chi connectivity index (χ0v) is 15.5. The number of benzene rings is 1. The van der Waals surface area contributed by atoms with Crippen molar-refractivity contribution in [3.63, 3.8) is 0 Å². The van der Waals surface area contributed by atoms with Crippen molar-refractivity contribution in [3.05, 3.63) is 47.5 Å². The van der Waals surface area contributed by atoms with Crippen LogP contribution in [0.2, 0.25) is 0 Å². The molecule has 26 heavy (non-hydrogen) atoms. The molecule has 1 amide bonds. The lowest BCUT2D eigenvalue weighted by atomic mass is 9.92. The van der Waals surface area contributed by atoms with E-state index in [0.29, 0.717) is 13.2 Å². The van der Waals surface area contributed by atoms with Crippen molar-refractivity contribution < 1.29 is 25.1 Å². The van der Waals surface area contributed by atoms with Gasteiger partial charge in [-0.25, -0.2) is 12.8 Å². The molecule has 0 aliphatic carbocycles. The first kappa shape index (κ1) is 16.0. The number of sulfone groups is 1. The summed E-state index contributed by atoms with van der Waals surface area (Å²) in [7, 11) is -2.09. The van der Waals surface area contributed by atoms with Crippen LogP contribution in [-0.2, 0) is 21.6 Å². The van der Waals surface area contributed by atoms with Gasteiger partial charge in [-0.15, -0.1) is 0 Å². The molecule has 1 aliphatic heterocycles. The molecule has 1 aromatic carbocycles. The van der Waals surface area contributed by atoms with Gasteiger partial charge in [0.15, 0.2) is 9.84 Å². The minimum atomic E-state index is -3.62. The first-order valence-corrected chi connectivity index (χ1v) is 9.63. The van der Waals surface area contributed by atoms with Gasteiger partial charge in [0.25, 0.3) is 5.91 Å². The first-order chi connectivity index (χ1) is 12.9. The van der Waals surface area contributed by atoms with Gasteiger partial charge in [0.05, 0.1) is 26.6 Å². The molecule has 0 spiro atoms. The van der Waals surface area contributed by atoms with Crippen LogP contribution < -0.4 is 5.32 Å². The third kappa shape index (κ3) is 3.66. The highest BCUT2D eigenvalue weighted by Crippen LogP contribution is 2.31. The van der Waals surface area contributed by atoms with Crippen LogP contribution in [0.4, 0.5) is 10.1 Å². The van der Waals surface area contributed by atoms with Gasteiger partial charge < -0.3 is 14.6 Å². The number of amides is 1. The second kappa shape index (κ2) is 6.51. The van der Waals surface area contributed by atoms with Crippen molar-refractivity contribution >= 4 is 21.4 Å². The molecule has 2 aromatic rings. The Hall–Kier alpha value is -2.19. The van der Waals surface area contributed by atoms with Crippen molar-refractivity contribution in [2.24, 2.45) is 12.5 Å². The average Bonchev–Trinajstić information content (AvgIpc) is 2.98. The lowest BCUT2D eigenvalue weighted by Crippen LogP contribution is -2.45. The maximum Gasteiger partial charge on any atom is 0.272 e. The third-order valence-electron chi connectivity index (χ3n) is 4.26. The van der Waals surface area contributed by atoms with Crippen LogP contribution in [0.25, 0.3) is 0 Å². The van der Waals surface area contributed by atoms with Crippen LogP contribution in [0.15, 0.2) is 35.3 Å². The highest BCUT2D eigenvalue weighted by atomic mass is 32.2. The van der Waals surface area contributed by atoms with E-state index in [-0.39, 0.29) is 39.7 Å². The zero-order chi connectivity index (χ0) is 20.9. The molecular formula is C18H21FN2O4S. The number of aromatic nitrogens is 1. The van der Waals surface area contributed by atoms with Crippen LogP contribution in [0, 0.1) is 18.2 Å². The van der Waals surface area contributed by atoms with Crippen molar-refractivity contribution in [3.8, 4) is 0 Å². The summed E-state index contributed by atoms with van der Waals surface area (Å²) in [5.74, 6) is -1.47. The average molecular weight is 382 g/mol. The number of nitrogens with zero attached hydrogens (tertiary/aromatic N) is 1. The Morgan fingerprint density at radius 3 is 2.81 bits per heavy atom. The Bertz CT molecular complexity index is 1060. The van der Waals surface area contributed by atoms with Gasteiger partial charge in [-0.1, -0.05) is 6.92 Å². The number of carbonyl (C=O) groups excluding carboxylic acids is 1. The number of aryl methyl sites for hydroxylation is 1. The molecule has 1 aromatic heterocycles. The highest BCUT2D eigenvalue weighted by Gasteiger charge is 2.39. The van der Waals surface area contributed by atoms with Gasteiger partial charge in [-0.2, -0.15) is 0 Å². The minimum absolute atomic E-state index is 0.0115. The number of hydrogen-bond acceptors (Lipinski definition) is 4. The van der Waals surface area contributed by atoms with Crippen LogP contribution in [0.5, 0.6) is 0 Å². The number of hydrogen-bond donors (Lipinski definition) is 1. The molecule has 8 heteroatoms. The molecule has 1 saturated heterocycles. The van der Waals surface area contributed by atoms with E-state index < -0.39 is 27.0 Å². The molecule has 1 N–H and O–H groups in total. The Morgan fingerprint density at radius 2 is 2.19 bits per heavy atom. The SMILES string of the molecule is [2H]c1cc(F)c(C)c([2H])c1NC(=O)c1cc(S(=O)(=O)CC2(C)COC2)cn1C. The Kier molecular flexibility index (Phi) is 4.01. The summed E-state index contributed by atoms with van der Waals surface area (Å²) in [6.45, 7) is 3.95. The number of ether oxygens (including phenoxy) is 1. The number of carbonyl (C=O) groups is 1. The van der Waals surface area contributed by atoms with E-state index in [4.69, 9.17) is 7.48 Å². The molecule has 3 rings (SSSR count). The first-order valence-electron chi connectivity index (χ1n) is 8.98. The molecule has 6 nitrogen and oxygen atoms in total. The van der Waals surface area contributed by atoms with E-state index in [0.717, 1.165) is 6.07 Å². The summed E-state index contributed by atoms with van der Waals surface area (Å²) in [6, 6.07) is 1.56. The molecule has 0 atom stereocenters. The van der Waals surface area contributed by atoms with Crippen LogP contribution >= 0.6 is 0 Å². The van der Waals surface area contributed by atoms with E-state index in [1.165, 1.54) is 30.8 Å². The van der Waals surface area contributed by atoms with Gasteiger partial charge in [0, 0.05) is 24.3 Å². The molecule has 1 aliphatic rings. The number of anilines is 1. The molecule has 2 heterocycles. The highest BCUT2D eigenvalue weighted by molar-refractivity contribution is 7.91. The summed E-state index contributed by atoms with van der Waals surface area (Å²) < 4.78 is 61.2. The minimum Gasteiger partial charge on any atom is -0.380 e. The molecule has 0 radical (unpaired) electrons. The molecule has 0 unspecified atom stereocenters. The van der Waals surface area contributed by atoms with Gasteiger partial charge >= 0.3 is 0 Å². The van der Waals surface area contributed by atoms with E-state index in [1.807, 2.05) is 6.92 Å². The summed E-state index contributed by atoms with van der Waals surface area (Å²) in [5.41, 5.74) is -0.511. The molecule has 140 valence electrons. The Balaban J connectivity index is 1.87. The summed E-state index contributed by atoms with van der Waals surface area (Å²) in [5, 5.41) is 2.42. The maximum absolute atomic E-state index is 13.6. The number of rotatable bonds is 5. The van der Waals surface area contributed by atoms with Gasteiger partial charge in [0.2, 0.25) is 0 Å². The summed E-state index contributed by atoms with van der Waals surface area (Å²) in [6.07, 6.45) is 1.35. The van der Waals surface area contributed by atoms with Gasteiger partial charge in [0.1, 0.15) is 11.5 Å². The van der Waals surface area contributed by atoms with Crippen molar-refractivity contribution in [2.45, 2.75) is 18.7 Å². The quantitative estimate of drug-likeness (QED) is 0.862. The Morgan fingerprint density at radius 1 is 1.50 bits per heavy atom. The van der Waals surface area contributed by atoms with E-state index in [9.17, 15) is 17.6 Å². The monoisotopic (exact) mass is 382 g/mol. The topological polar surface area (TPSA) is 77.4 Å². The smallest absolute Gasteiger partial charge is 0.272 e. The van der Waals surface area contributed by atoms with Gasteiger partial charge in [-0.3, -0.25) is 4.79 Å². The number of halogens is 1. The van der Waals surface area contributed by atoms with Crippen LogP contribution in [0.1, 0.15) is 25.7 Å². The fraction of sp³-hybridized carbons (Fsp3) is 0.389. The van der Waals surface area contributed by atoms with Gasteiger partial charge in [-0.05, 0) is 36.7 Å². The number of nitrogens with one attached hydrogen (secondary N) is 1. The molecule has 0 bridgehead atoms. The summed E-state index contributed by atoms with van der Waals surface area (Å²) in [4.78, 5) is 12.6. The summed E-state index contributed by atoms with van der Waals surface area (Å²) >= 11 is 0. The lowest BCUT2D eigenvalue weighted by molar-refractivity contribution is -0.0870. The van der Waals surface area contributed by atoms with E-state index >= 15 is 0 Å². The fourth-order valence-corrected chi connectivity index (χ4v) is 4.64. The molecule has 1 fully saturated rings. The predicted octanol–water partition coefficient (Wildman–Crippen LogP) is 2.54.